The van der Waals surface area contributed by atoms with Crippen molar-refractivity contribution in [3.8, 4) is 12.1 Å². The van der Waals surface area contributed by atoms with Crippen LogP contribution in [0.1, 0.15) is 18.4 Å². The molecule has 3 aliphatic heterocycles. The van der Waals surface area contributed by atoms with Gasteiger partial charge in [0.2, 0.25) is 5.96 Å². The highest BCUT2D eigenvalue weighted by Gasteiger charge is 2.44. The molecule has 13 heteroatoms. The number of benzene rings is 1. The van der Waals surface area contributed by atoms with Crippen molar-refractivity contribution >= 4 is 41.5 Å². The molecule has 198 valence electrons. The number of amidine groups is 1. The fraction of sp³-hybridized carbons (Fsp3) is 0.480. The summed E-state index contributed by atoms with van der Waals surface area (Å²) >= 11 is 6.88. The molecule has 0 amide bonds. The van der Waals surface area contributed by atoms with Crippen LogP contribution in [-0.2, 0) is 4.74 Å². The minimum absolute atomic E-state index is 0.0640. The van der Waals surface area contributed by atoms with Gasteiger partial charge in [-0.3, -0.25) is 9.89 Å². The SMILES string of the molecule is C=N/C=C(/C#N)N1CC(NC2CC2)=NC(Nc2cc(C#N)cc(N3CCN(C4(CO)COC4)CC3)c2Cl)=N1. The Morgan fingerprint density at radius 3 is 2.63 bits per heavy atom. The van der Waals surface area contributed by atoms with Crippen molar-refractivity contribution in [3.05, 3.63) is 34.6 Å². The summed E-state index contributed by atoms with van der Waals surface area (Å²) < 4.78 is 5.37. The van der Waals surface area contributed by atoms with Crippen LogP contribution in [0.15, 0.2) is 39.1 Å². The smallest absolute Gasteiger partial charge is 0.246 e. The second-order valence-corrected chi connectivity index (χ2v) is 10.1. The van der Waals surface area contributed by atoms with Crippen LogP contribution < -0.4 is 15.5 Å². The summed E-state index contributed by atoms with van der Waals surface area (Å²) in [6.45, 7) is 7.70. The van der Waals surface area contributed by atoms with E-state index in [2.05, 4.69) is 54.4 Å². The maximum atomic E-state index is 9.89. The molecular weight excluding hydrogens is 508 g/mol. The van der Waals surface area contributed by atoms with Gasteiger partial charge in [-0.05, 0) is 31.7 Å². The van der Waals surface area contributed by atoms with Gasteiger partial charge >= 0.3 is 0 Å². The first-order chi connectivity index (χ1) is 18.5. The van der Waals surface area contributed by atoms with E-state index in [9.17, 15) is 15.6 Å². The summed E-state index contributed by atoms with van der Waals surface area (Å²) in [5.74, 6) is 0.893. The Morgan fingerprint density at radius 2 is 2.05 bits per heavy atom. The molecule has 2 saturated heterocycles. The lowest BCUT2D eigenvalue weighted by Crippen LogP contribution is -2.68. The van der Waals surface area contributed by atoms with Gasteiger partial charge in [0.1, 0.15) is 18.4 Å². The van der Waals surface area contributed by atoms with E-state index >= 15 is 0 Å². The first-order valence-corrected chi connectivity index (χ1v) is 12.8. The van der Waals surface area contributed by atoms with Crippen LogP contribution in [-0.4, -0.2) is 97.7 Å². The Balaban J connectivity index is 1.39. The van der Waals surface area contributed by atoms with E-state index in [-0.39, 0.29) is 23.8 Å². The number of guanidine groups is 1. The number of ether oxygens (including phenoxy) is 1. The van der Waals surface area contributed by atoms with Crippen molar-refractivity contribution in [2.75, 3.05) is 62.8 Å². The van der Waals surface area contributed by atoms with Gasteiger partial charge in [0, 0.05) is 32.2 Å². The topological polar surface area (TPSA) is 148 Å². The van der Waals surface area contributed by atoms with Gasteiger partial charge in [-0.25, -0.2) is 5.01 Å². The zero-order chi connectivity index (χ0) is 26.7. The number of rotatable bonds is 7. The van der Waals surface area contributed by atoms with E-state index in [1.54, 1.807) is 12.1 Å². The van der Waals surface area contributed by atoms with Gasteiger partial charge in [0.15, 0.2) is 5.70 Å². The average molecular weight is 537 g/mol. The molecule has 1 aromatic rings. The molecule has 0 atom stereocenters. The first kappa shape index (κ1) is 25.9. The van der Waals surface area contributed by atoms with Crippen molar-refractivity contribution in [2.24, 2.45) is 15.1 Å². The number of aliphatic imine (C=N–C) groups is 2. The number of anilines is 2. The third-order valence-electron chi connectivity index (χ3n) is 7.07. The third kappa shape index (κ3) is 5.30. The van der Waals surface area contributed by atoms with Crippen molar-refractivity contribution in [3.63, 3.8) is 0 Å². The molecule has 3 fully saturated rings. The number of hydrogen-bond donors (Lipinski definition) is 3. The highest BCUT2D eigenvalue weighted by Crippen LogP contribution is 2.36. The Labute approximate surface area is 226 Å². The van der Waals surface area contributed by atoms with Crippen molar-refractivity contribution in [2.45, 2.75) is 24.4 Å². The number of nitriles is 2. The molecule has 12 nitrogen and oxygen atoms in total. The van der Waals surface area contributed by atoms with Crippen LogP contribution in [0.5, 0.6) is 0 Å². The fourth-order valence-corrected chi connectivity index (χ4v) is 4.97. The molecule has 5 rings (SSSR count). The van der Waals surface area contributed by atoms with Crippen molar-refractivity contribution in [1.82, 2.24) is 15.2 Å². The second kappa shape index (κ2) is 11.0. The number of hydrazone groups is 1. The standard InChI is InChI=1S/C25H29ClN10O2/c1-29-12-19(11-28)36-13-22(30-18-2-3-18)32-24(33-36)31-20-8-17(10-27)9-21(23(20)26)34-4-6-35(7-5-34)25(14-37)15-38-16-25/h8-9,12,18,37H,1-7,13-16H2,(H2,30,31,32,33)/b19-12-. The molecule has 1 aliphatic carbocycles. The predicted molar refractivity (Wildman–Crippen MR) is 145 cm³/mol. The fourth-order valence-electron chi connectivity index (χ4n) is 4.70. The van der Waals surface area contributed by atoms with E-state index in [4.69, 9.17) is 16.3 Å². The average Bonchev–Trinajstić information content (AvgIpc) is 3.72. The number of aliphatic hydroxyl groups excluding tert-OH is 1. The number of halogens is 1. The highest BCUT2D eigenvalue weighted by atomic mass is 35.5. The number of hydrogen-bond acceptors (Lipinski definition) is 12. The maximum Gasteiger partial charge on any atom is 0.246 e. The molecule has 4 aliphatic rings. The van der Waals surface area contributed by atoms with Gasteiger partial charge in [0.05, 0.1) is 59.6 Å². The Hall–Kier alpha value is -3.68. The molecule has 38 heavy (non-hydrogen) atoms. The number of allylic oxidation sites excluding steroid dienone is 1. The Morgan fingerprint density at radius 1 is 1.29 bits per heavy atom. The number of aliphatic hydroxyl groups is 1. The van der Waals surface area contributed by atoms with Crippen LogP contribution in [0, 0.1) is 22.7 Å². The van der Waals surface area contributed by atoms with Crippen molar-refractivity contribution < 1.29 is 9.84 Å². The molecule has 0 bridgehead atoms. The van der Waals surface area contributed by atoms with E-state index in [1.165, 1.54) is 11.2 Å². The summed E-state index contributed by atoms with van der Waals surface area (Å²) in [5, 5.41) is 42.2. The molecular formula is C25H29ClN10O2. The largest absolute Gasteiger partial charge is 0.394 e. The third-order valence-corrected chi connectivity index (χ3v) is 7.46. The molecule has 3 N–H and O–H groups in total. The van der Waals surface area contributed by atoms with Crippen LogP contribution in [0.3, 0.4) is 0 Å². The first-order valence-electron chi connectivity index (χ1n) is 12.4. The summed E-state index contributed by atoms with van der Waals surface area (Å²) in [7, 11) is 0. The van der Waals surface area contributed by atoms with E-state index < -0.39 is 0 Å². The summed E-state index contributed by atoms with van der Waals surface area (Å²) in [4.78, 5) is 12.7. The minimum atomic E-state index is -0.301. The molecule has 0 radical (unpaired) electrons. The van der Waals surface area contributed by atoms with E-state index in [0.717, 1.165) is 31.6 Å². The number of piperazine rings is 1. The quantitative estimate of drug-likeness (QED) is 0.346. The normalized spacial score (nSPS) is 21.4. The van der Waals surface area contributed by atoms with E-state index in [0.29, 0.717) is 61.0 Å². The second-order valence-electron chi connectivity index (χ2n) is 9.71. The van der Waals surface area contributed by atoms with Gasteiger partial charge in [-0.15, -0.1) is 5.10 Å². The number of nitrogens with one attached hydrogen (secondary N) is 2. The molecule has 0 unspecified atom stereocenters. The minimum Gasteiger partial charge on any atom is -0.394 e. The lowest BCUT2D eigenvalue weighted by Gasteiger charge is -2.51. The highest BCUT2D eigenvalue weighted by molar-refractivity contribution is 6.36. The Kier molecular flexibility index (Phi) is 7.49. The molecule has 0 aromatic heterocycles. The van der Waals surface area contributed by atoms with Crippen LogP contribution >= 0.6 is 11.6 Å². The zero-order valence-electron chi connectivity index (χ0n) is 20.9. The molecule has 0 spiro atoms. The lowest BCUT2D eigenvalue weighted by molar-refractivity contribution is -0.161. The summed E-state index contributed by atoms with van der Waals surface area (Å²) in [6.07, 6.45) is 3.47. The van der Waals surface area contributed by atoms with Crippen LogP contribution in [0.25, 0.3) is 0 Å². The van der Waals surface area contributed by atoms with Gasteiger partial charge in [-0.2, -0.15) is 15.5 Å². The molecule has 3 heterocycles. The monoisotopic (exact) mass is 536 g/mol. The van der Waals surface area contributed by atoms with Gasteiger partial charge in [0.25, 0.3) is 0 Å². The predicted octanol–water partition coefficient (Wildman–Crippen LogP) is 1.31. The van der Waals surface area contributed by atoms with Gasteiger partial charge < -0.3 is 25.4 Å². The van der Waals surface area contributed by atoms with Crippen molar-refractivity contribution in [1.29, 1.82) is 10.5 Å². The number of nitrogens with zero attached hydrogens (tertiary/aromatic N) is 8. The van der Waals surface area contributed by atoms with Crippen LogP contribution in [0.4, 0.5) is 11.4 Å². The Bertz CT molecular complexity index is 1260. The lowest BCUT2D eigenvalue weighted by atomic mass is 9.95. The maximum absolute atomic E-state index is 9.89. The molecule has 1 aromatic carbocycles. The summed E-state index contributed by atoms with van der Waals surface area (Å²) in [6, 6.07) is 8.09. The summed E-state index contributed by atoms with van der Waals surface area (Å²) in [5.41, 5.74) is 1.58. The van der Waals surface area contributed by atoms with Crippen LogP contribution in [0.2, 0.25) is 5.02 Å². The van der Waals surface area contributed by atoms with Gasteiger partial charge in [-0.1, -0.05) is 11.6 Å². The zero-order valence-corrected chi connectivity index (χ0v) is 21.7. The van der Waals surface area contributed by atoms with E-state index in [1.807, 2.05) is 0 Å². The molecule has 1 saturated carbocycles.